The summed E-state index contributed by atoms with van der Waals surface area (Å²) >= 11 is 0. The van der Waals surface area contributed by atoms with Crippen LogP contribution in [-0.2, 0) is 0 Å². The molecule has 8 nitrogen and oxygen atoms in total. The molecule has 8 heteroatoms. The monoisotopic (exact) mass is 221 g/mol. The van der Waals surface area contributed by atoms with Gasteiger partial charge < -0.3 is 4.74 Å². The second-order valence-electron chi connectivity index (χ2n) is 2.99. The second kappa shape index (κ2) is 4.11. The molecule has 0 aromatic carbocycles. The van der Waals surface area contributed by atoms with Gasteiger partial charge in [-0.25, -0.2) is 10.5 Å². The number of hydrazine groups is 1. The van der Waals surface area contributed by atoms with Gasteiger partial charge in [0, 0.05) is 6.20 Å². The molecule has 16 heavy (non-hydrogen) atoms. The smallest absolute Gasteiger partial charge is 0.322 e. The van der Waals surface area contributed by atoms with E-state index < -0.39 is 0 Å². The van der Waals surface area contributed by atoms with Gasteiger partial charge in [0.2, 0.25) is 5.95 Å². The molecule has 0 saturated carbocycles. The van der Waals surface area contributed by atoms with Gasteiger partial charge in [-0.1, -0.05) is 0 Å². The topological polar surface area (TPSA) is 104 Å². The van der Waals surface area contributed by atoms with Gasteiger partial charge in [-0.15, -0.1) is 0 Å². The van der Waals surface area contributed by atoms with E-state index in [9.17, 15) is 0 Å². The summed E-state index contributed by atoms with van der Waals surface area (Å²) in [6.45, 7) is 1.87. The molecule has 2 heterocycles. The Kier molecular flexibility index (Phi) is 2.64. The summed E-state index contributed by atoms with van der Waals surface area (Å²) in [6, 6.07) is 2.01. The third-order valence-electron chi connectivity index (χ3n) is 1.84. The van der Waals surface area contributed by atoms with Crippen LogP contribution < -0.4 is 16.0 Å². The highest BCUT2D eigenvalue weighted by Crippen LogP contribution is 2.09. The van der Waals surface area contributed by atoms with Gasteiger partial charge in [0.15, 0.2) is 0 Å². The fourth-order valence-corrected chi connectivity index (χ4v) is 1.13. The molecule has 0 unspecified atom stereocenters. The minimum absolute atomic E-state index is 0.172. The molecule has 0 fully saturated rings. The Labute approximate surface area is 91.5 Å². The summed E-state index contributed by atoms with van der Waals surface area (Å²) in [4.78, 5) is 12.0. The minimum atomic E-state index is 0.172. The normalized spacial score (nSPS) is 10.2. The highest BCUT2D eigenvalue weighted by atomic mass is 16.5. The molecule has 0 spiro atoms. The van der Waals surface area contributed by atoms with Gasteiger partial charge in [0.25, 0.3) is 5.95 Å². The molecule has 84 valence electrons. The maximum absolute atomic E-state index is 5.24. The number of rotatable bonds is 3. The first-order valence-electron chi connectivity index (χ1n) is 4.52. The molecule has 0 aliphatic carbocycles. The Morgan fingerprint density at radius 2 is 2.19 bits per heavy atom. The van der Waals surface area contributed by atoms with Gasteiger partial charge in [0.1, 0.15) is 0 Å². The quantitative estimate of drug-likeness (QED) is 0.539. The zero-order valence-corrected chi connectivity index (χ0v) is 8.88. The Balaban J connectivity index is 2.47. The second-order valence-corrected chi connectivity index (χ2v) is 2.99. The van der Waals surface area contributed by atoms with Crippen LogP contribution in [0.5, 0.6) is 6.01 Å². The molecule has 2 rings (SSSR count). The molecule has 0 radical (unpaired) electrons. The minimum Gasteiger partial charge on any atom is -0.467 e. The van der Waals surface area contributed by atoms with Crippen LogP contribution >= 0.6 is 0 Å². The molecule has 0 amide bonds. The van der Waals surface area contributed by atoms with Gasteiger partial charge in [-0.05, 0) is 13.0 Å². The number of methoxy groups -OCH3 is 1. The number of nitrogens with two attached hydrogens (primary N) is 1. The molecule has 2 aromatic rings. The lowest BCUT2D eigenvalue weighted by atomic mass is 10.5. The van der Waals surface area contributed by atoms with Crippen molar-refractivity contribution in [2.45, 2.75) is 6.92 Å². The number of nitrogens with zero attached hydrogens (tertiary/aromatic N) is 5. The lowest BCUT2D eigenvalue weighted by Crippen LogP contribution is -2.14. The van der Waals surface area contributed by atoms with Crippen molar-refractivity contribution in [3.8, 4) is 12.0 Å². The first-order chi connectivity index (χ1) is 7.72. The molecule has 0 aliphatic heterocycles. The van der Waals surface area contributed by atoms with Crippen molar-refractivity contribution < 1.29 is 4.74 Å². The Morgan fingerprint density at radius 3 is 2.75 bits per heavy atom. The third kappa shape index (κ3) is 1.91. The molecule has 0 saturated heterocycles. The van der Waals surface area contributed by atoms with Crippen LogP contribution in [0.3, 0.4) is 0 Å². The number of hydrogen-bond donors (Lipinski definition) is 2. The number of nitrogens with one attached hydrogen (secondary N) is 1. The van der Waals surface area contributed by atoms with Gasteiger partial charge in [-0.3, -0.25) is 5.43 Å². The summed E-state index contributed by atoms with van der Waals surface area (Å²) in [5, 5.41) is 4.17. The molecular formula is C8H11N7O. The van der Waals surface area contributed by atoms with Crippen molar-refractivity contribution in [3.63, 3.8) is 0 Å². The fraction of sp³-hybridized carbons (Fsp3) is 0.250. The van der Waals surface area contributed by atoms with Crippen LogP contribution in [-0.4, -0.2) is 31.8 Å². The van der Waals surface area contributed by atoms with Crippen molar-refractivity contribution in [1.82, 2.24) is 24.7 Å². The first kappa shape index (κ1) is 10.3. The number of anilines is 1. The summed E-state index contributed by atoms with van der Waals surface area (Å²) in [6.07, 6.45) is 1.74. The van der Waals surface area contributed by atoms with E-state index in [1.54, 1.807) is 6.20 Å². The maximum atomic E-state index is 5.24. The van der Waals surface area contributed by atoms with Crippen LogP contribution in [0.1, 0.15) is 5.69 Å². The average Bonchev–Trinajstić information content (AvgIpc) is 2.75. The van der Waals surface area contributed by atoms with Crippen molar-refractivity contribution in [1.29, 1.82) is 0 Å². The Hall–Kier alpha value is -2.22. The number of hydrogen-bond acceptors (Lipinski definition) is 7. The molecule has 2 aromatic heterocycles. The highest BCUT2D eigenvalue weighted by molar-refractivity contribution is 5.28. The van der Waals surface area contributed by atoms with E-state index in [-0.39, 0.29) is 12.0 Å². The molecule has 0 aliphatic rings. The van der Waals surface area contributed by atoms with E-state index in [1.807, 2.05) is 13.0 Å². The summed E-state index contributed by atoms with van der Waals surface area (Å²) < 4.78 is 6.44. The van der Waals surface area contributed by atoms with Crippen LogP contribution in [0.25, 0.3) is 5.95 Å². The van der Waals surface area contributed by atoms with Crippen molar-refractivity contribution in [3.05, 3.63) is 18.0 Å². The van der Waals surface area contributed by atoms with E-state index in [0.29, 0.717) is 5.95 Å². The van der Waals surface area contributed by atoms with E-state index in [2.05, 4.69) is 25.5 Å². The maximum Gasteiger partial charge on any atom is 0.322 e. The van der Waals surface area contributed by atoms with E-state index >= 15 is 0 Å². The average molecular weight is 221 g/mol. The van der Waals surface area contributed by atoms with Crippen LogP contribution in [0.2, 0.25) is 0 Å². The molecule has 0 bridgehead atoms. The zero-order chi connectivity index (χ0) is 11.5. The SMILES string of the molecule is COc1nc(NN)nc(-n2ccc(C)n2)n1. The van der Waals surface area contributed by atoms with Crippen molar-refractivity contribution in [2.24, 2.45) is 5.84 Å². The first-order valence-corrected chi connectivity index (χ1v) is 4.52. The van der Waals surface area contributed by atoms with E-state index in [4.69, 9.17) is 10.6 Å². The number of nitrogen functional groups attached to an aromatic ring is 1. The summed E-state index contributed by atoms with van der Waals surface area (Å²) in [7, 11) is 1.47. The predicted octanol–water partition coefficient (Wildman–Crippen LogP) is -0.340. The molecular weight excluding hydrogens is 210 g/mol. The van der Waals surface area contributed by atoms with Gasteiger partial charge in [-0.2, -0.15) is 20.1 Å². The van der Waals surface area contributed by atoms with Gasteiger partial charge in [0.05, 0.1) is 12.8 Å². The molecule has 0 atom stereocenters. The zero-order valence-electron chi connectivity index (χ0n) is 8.88. The summed E-state index contributed by atoms with van der Waals surface area (Å²) in [5.74, 6) is 5.80. The highest BCUT2D eigenvalue weighted by Gasteiger charge is 2.08. The molecule has 3 N–H and O–H groups in total. The fourth-order valence-electron chi connectivity index (χ4n) is 1.13. The Morgan fingerprint density at radius 1 is 1.38 bits per heavy atom. The standard InChI is InChI=1S/C8H11N7O/c1-5-3-4-15(14-5)7-10-6(13-9)11-8(12-7)16-2/h3-4H,9H2,1-2H3,(H,10,11,12,13). The van der Waals surface area contributed by atoms with Crippen LogP contribution in [0, 0.1) is 6.92 Å². The predicted molar refractivity (Wildman–Crippen MR) is 56.0 cm³/mol. The lowest BCUT2D eigenvalue weighted by molar-refractivity contribution is 0.377. The lowest BCUT2D eigenvalue weighted by Gasteiger charge is -2.04. The van der Waals surface area contributed by atoms with E-state index in [0.717, 1.165) is 5.69 Å². The largest absolute Gasteiger partial charge is 0.467 e. The number of aryl methyl sites for hydroxylation is 1. The van der Waals surface area contributed by atoms with Crippen molar-refractivity contribution in [2.75, 3.05) is 12.5 Å². The van der Waals surface area contributed by atoms with Crippen LogP contribution in [0.4, 0.5) is 5.95 Å². The third-order valence-corrected chi connectivity index (χ3v) is 1.84. The van der Waals surface area contributed by atoms with E-state index in [1.165, 1.54) is 11.8 Å². The number of ether oxygens (including phenoxy) is 1. The summed E-state index contributed by atoms with van der Waals surface area (Å²) in [5.41, 5.74) is 3.20. The van der Waals surface area contributed by atoms with Gasteiger partial charge >= 0.3 is 6.01 Å². The van der Waals surface area contributed by atoms with Crippen LogP contribution in [0.15, 0.2) is 12.3 Å². The van der Waals surface area contributed by atoms with Crippen molar-refractivity contribution >= 4 is 5.95 Å². The number of aromatic nitrogens is 5. The Bertz CT molecular complexity index is 473.